The van der Waals surface area contributed by atoms with Crippen molar-refractivity contribution in [1.82, 2.24) is 4.98 Å². The zero-order chi connectivity index (χ0) is 14.1. The Labute approximate surface area is 96.3 Å². The molecule has 0 saturated carbocycles. The Bertz CT molecular complexity index is 533. The highest BCUT2D eigenvalue weighted by Crippen LogP contribution is 2.34. The number of carboxylic acid groups (broad SMARTS) is 1. The fourth-order valence-electron chi connectivity index (χ4n) is 1.16. The van der Waals surface area contributed by atoms with E-state index in [0.29, 0.717) is 0 Å². The zero-order valence-electron chi connectivity index (χ0n) is 8.29. The van der Waals surface area contributed by atoms with E-state index in [0.717, 1.165) is 6.07 Å². The normalized spacial score (nSPS) is 11.4. The molecule has 0 unspecified atom stereocenters. The first kappa shape index (κ1) is 13.8. The van der Waals surface area contributed by atoms with Gasteiger partial charge in [0.25, 0.3) is 6.43 Å². The molecule has 0 bridgehead atoms. The molecule has 0 amide bonds. The topological polar surface area (TPSA) is 74.0 Å². The second kappa shape index (κ2) is 4.56. The fraction of sp³-hybridized carbons (Fsp3) is 0.222. The van der Waals surface area contributed by atoms with Crippen LogP contribution in [-0.2, 0) is 6.18 Å². The third-order valence-corrected chi connectivity index (χ3v) is 1.89. The minimum Gasteiger partial charge on any atom is -0.476 e. The summed E-state index contributed by atoms with van der Waals surface area (Å²) in [5.74, 6) is -2.10. The average molecular weight is 266 g/mol. The maximum absolute atomic E-state index is 12.5. The lowest BCUT2D eigenvalue weighted by molar-refractivity contribution is -0.138. The molecule has 0 aliphatic heterocycles. The van der Waals surface area contributed by atoms with E-state index in [4.69, 9.17) is 10.4 Å². The molecule has 1 aromatic rings. The summed E-state index contributed by atoms with van der Waals surface area (Å²) in [4.78, 5) is 13.3. The van der Waals surface area contributed by atoms with Gasteiger partial charge < -0.3 is 5.11 Å². The first-order chi connectivity index (χ1) is 8.18. The number of nitriles is 1. The molecule has 18 heavy (non-hydrogen) atoms. The highest BCUT2D eigenvalue weighted by molar-refractivity contribution is 5.87. The number of pyridine rings is 1. The van der Waals surface area contributed by atoms with Gasteiger partial charge in [-0.1, -0.05) is 0 Å². The molecule has 1 N–H and O–H groups in total. The second-order valence-corrected chi connectivity index (χ2v) is 3.03. The van der Waals surface area contributed by atoms with Crippen LogP contribution in [0.2, 0.25) is 0 Å². The minimum absolute atomic E-state index is 0.0535. The van der Waals surface area contributed by atoms with Gasteiger partial charge in [-0.2, -0.15) is 18.4 Å². The molecular weight excluding hydrogens is 263 g/mol. The number of carboxylic acids is 1. The Kier molecular flexibility index (Phi) is 3.50. The number of rotatable bonds is 2. The predicted molar refractivity (Wildman–Crippen MR) is 45.9 cm³/mol. The quantitative estimate of drug-likeness (QED) is 0.835. The second-order valence-electron chi connectivity index (χ2n) is 3.03. The van der Waals surface area contributed by atoms with E-state index in [1.807, 2.05) is 0 Å². The summed E-state index contributed by atoms with van der Waals surface area (Å²) in [6.45, 7) is 0. The molecule has 0 aliphatic rings. The Hall–Kier alpha value is -2.24. The molecule has 0 saturated heterocycles. The van der Waals surface area contributed by atoms with E-state index >= 15 is 0 Å². The van der Waals surface area contributed by atoms with Crippen LogP contribution in [0.4, 0.5) is 22.0 Å². The smallest absolute Gasteiger partial charge is 0.418 e. The molecule has 0 aromatic carbocycles. The van der Waals surface area contributed by atoms with E-state index < -0.39 is 41.1 Å². The molecule has 1 heterocycles. The zero-order valence-corrected chi connectivity index (χ0v) is 8.29. The molecule has 0 atom stereocenters. The SMILES string of the molecule is N#Cc1cc(C(F)(F)F)c(C(=O)O)nc1C(F)F. The van der Waals surface area contributed by atoms with Gasteiger partial charge in [0, 0.05) is 0 Å². The monoisotopic (exact) mass is 266 g/mol. The molecule has 1 aromatic heterocycles. The molecule has 0 radical (unpaired) electrons. The van der Waals surface area contributed by atoms with Gasteiger partial charge in [-0.05, 0) is 6.07 Å². The van der Waals surface area contributed by atoms with Crippen LogP contribution in [0.15, 0.2) is 6.07 Å². The maximum Gasteiger partial charge on any atom is 0.418 e. The number of hydrogen-bond acceptors (Lipinski definition) is 3. The third kappa shape index (κ3) is 2.53. The van der Waals surface area contributed by atoms with Gasteiger partial charge in [-0.15, -0.1) is 0 Å². The van der Waals surface area contributed by atoms with Gasteiger partial charge in [0.05, 0.1) is 11.1 Å². The molecular formula is C9H3F5N2O2. The van der Waals surface area contributed by atoms with Crippen LogP contribution in [-0.4, -0.2) is 16.1 Å². The van der Waals surface area contributed by atoms with Crippen LogP contribution >= 0.6 is 0 Å². The summed E-state index contributed by atoms with van der Waals surface area (Å²) in [7, 11) is 0. The summed E-state index contributed by atoms with van der Waals surface area (Å²) in [6, 6.07) is 1.17. The van der Waals surface area contributed by atoms with E-state index in [9.17, 15) is 26.7 Å². The van der Waals surface area contributed by atoms with Crippen molar-refractivity contribution >= 4 is 5.97 Å². The van der Waals surface area contributed by atoms with Crippen molar-refractivity contribution in [2.45, 2.75) is 12.6 Å². The van der Waals surface area contributed by atoms with Crippen LogP contribution < -0.4 is 0 Å². The highest BCUT2D eigenvalue weighted by atomic mass is 19.4. The summed E-state index contributed by atoms with van der Waals surface area (Å²) in [6.07, 6.45) is -8.45. The van der Waals surface area contributed by atoms with E-state index in [2.05, 4.69) is 4.98 Å². The summed E-state index contributed by atoms with van der Waals surface area (Å²) < 4.78 is 62.2. The van der Waals surface area contributed by atoms with Gasteiger partial charge >= 0.3 is 12.1 Å². The Morgan fingerprint density at radius 1 is 1.44 bits per heavy atom. The summed E-state index contributed by atoms with van der Waals surface area (Å²) in [5, 5.41) is 17.0. The molecule has 0 aliphatic carbocycles. The number of alkyl halides is 5. The van der Waals surface area contributed by atoms with E-state index in [-0.39, 0.29) is 6.07 Å². The van der Waals surface area contributed by atoms with Crippen molar-refractivity contribution in [3.05, 3.63) is 28.6 Å². The predicted octanol–water partition coefficient (Wildman–Crippen LogP) is 2.61. The highest BCUT2D eigenvalue weighted by Gasteiger charge is 2.38. The maximum atomic E-state index is 12.5. The Morgan fingerprint density at radius 2 is 2.00 bits per heavy atom. The molecule has 0 fully saturated rings. The van der Waals surface area contributed by atoms with Crippen molar-refractivity contribution in [1.29, 1.82) is 5.26 Å². The van der Waals surface area contributed by atoms with Crippen molar-refractivity contribution < 1.29 is 31.9 Å². The number of carbonyl (C=O) groups is 1. The van der Waals surface area contributed by atoms with Crippen molar-refractivity contribution in [2.24, 2.45) is 0 Å². The lowest BCUT2D eigenvalue weighted by Gasteiger charge is -2.12. The van der Waals surface area contributed by atoms with Gasteiger partial charge in [-0.3, -0.25) is 0 Å². The van der Waals surface area contributed by atoms with E-state index in [1.54, 1.807) is 0 Å². The van der Waals surface area contributed by atoms with Crippen LogP contribution in [0, 0.1) is 11.3 Å². The first-order valence-corrected chi connectivity index (χ1v) is 4.22. The van der Waals surface area contributed by atoms with Gasteiger partial charge in [-0.25, -0.2) is 18.6 Å². The molecule has 0 spiro atoms. The van der Waals surface area contributed by atoms with Crippen molar-refractivity contribution in [2.75, 3.05) is 0 Å². The Balaban J connectivity index is 3.64. The van der Waals surface area contributed by atoms with Crippen LogP contribution in [0.3, 0.4) is 0 Å². The summed E-state index contributed by atoms with van der Waals surface area (Å²) >= 11 is 0. The van der Waals surface area contributed by atoms with Crippen LogP contribution in [0.25, 0.3) is 0 Å². The fourth-order valence-corrected chi connectivity index (χ4v) is 1.16. The number of nitrogens with zero attached hydrogens (tertiary/aromatic N) is 2. The Morgan fingerprint density at radius 3 is 2.33 bits per heavy atom. The molecule has 9 heteroatoms. The number of halogens is 5. The molecule has 1 rings (SSSR count). The number of aromatic nitrogens is 1. The van der Waals surface area contributed by atoms with Crippen LogP contribution in [0.5, 0.6) is 0 Å². The molecule has 4 nitrogen and oxygen atoms in total. The largest absolute Gasteiger partial charge is 0.476 e. The van der Waals surface area contributed by atoms with Crippen LogP contribution in [0.1, 0.15) is 33.7 Å². The summed E-state index contributed by atoms with van der Waals surface area (Å²) in [5.41, 5.74) is -5.60. The third-order valence-electron chi connectivity index (χ3n) is 1.89. The van der Waals surface area contributed by atoms with Crippen molar-refractivity contribution in [3.63, 3.8) is 0 Å². The minimum atomic E-state index is -5.10. The van der Waals surface area contributed by atoms with Gasteiger partial charge in [0.1, 0.15) is 11.8 Å². The number of aromatic carboxylic acids is 1. The van der Waals surface area contributed by atoms with Gasteiger partial charge in [0.15, 0.2) is 5.69 Å². The van der Waals surface area contributed by atoms with Gasteiger partial charge in [0.2, 0.25) is 0 Å². The standard InChI is InChI=1S/C9H3F5N2O2/c10-7(11)5-3(2-15)1-4(9(12,13)14)6(16-5)8(17)18/h1,7H,(H,17,18). The molecule has 96 valence electrons. The van der Waals surface area contributed by atoms with Crippen molar-refractivity contribution in [3.8, 4) is 6.07 Å². The average Bonchev–Trinajstić information content (AvgIpc) is 2.25. The first-order valence-electron chi connectivity index (χ1n) is 4.22. The lowest BCUT2D eigenvalue weighted by atomic mass is 10.1. The lowest BCUT2D eigenvalue weighted by Crippen LogP contribution is -2.17. The van der Waals surface area contributed by atoms with E-state index in [1.165, 1.54) is 0 Å². The number of hydrogen-bond donors (Lipinski definition) is 1.